The number of allylic oxidation sites excluding steroid dienone is 8. The molecule has 0 radical (unpaired) electrons. The fourth-order valence-corrected chi connectivity index (χ4v) is 5.72. The predicted octanol–water partition coefficient (Wildman–Crippen LogP) is 3.77. The molecule has 0 spiro atoms. The first-order chi connectivity index (χ1) is 7.18. The van der Waals surface area contributed by atoms with Crippen LogP contribution < -0.4 is 0 Å². The molecule has 0 amide bonds. The molecule has 1 heteroatoms. The Balaban J connectivity index is 2.24. The molecule has 0 nitrogen and oxygen atoms in total. The first kappa shape index (κ1) is 11.0. The van der Waals surface area contributed by atoms with Gasteiger partial charge in [-0.2, -0.15) is 0 Å². The Morgan fingerprint density at radius 3 is 2.67 bits per heavy atom. The van der Waals surface area contributed by atoms with Crippen molar-refractivity contribution in [3.8, 4) is 0 Å². The van der Waals surface area contributed by atoms with E-state index in [0.717, 1.165) is 6.42 Å². The van der Waals surface area contributed by atoms with E-state index in [-0.39, 0.29) is 0 Å². The SMILES string of the molecule is C[C](C)=[Zn][C]1=C(C)C(C2=CC=CC2)=CC1. The minimum absolute atomic E-state index is 0.528. The molecule has 2 aliphatic rings. The van der Waals surface area contributed by atoms with Gasteiger partial charge >= 0.3 is 99.6 Å². The molecule has 0 aromatic carbocycles. The average molecular weight is 251 g/mol. The van der Waals surface area contributed by atoms with Crippen molar-refractivity contribution in [2.45, 2.75) is 33.6 Å². The molecule has 0 saturated heterocycles. The molecule has 0 saturated carbocycles. The second kappa shape index (κ2) is 4.53. The van der Waals surface area contributed by atoms with Gasteiger partial charge in [0.2, 0.25) is 0 Å². The monoisotopic (exact) mass is 249 g/mol. The van der Waals surface area contributed by atoms with Crippen LogP contribution in [0.1, 0.15) is 33.6 Å². The molecular weight excluding hydrogens is 234 g/mol. The summed E-state index contributed by atoms with van der Waals surface area (Å²) >= 11 is -0.528. The van der Waals surface area contributed by atoms with Crippen LogP contribution >= 0.6 is 0 Å². The number of hydrogen-bond acceptors (Lipinski definition) is 0. The molecule has 0 heterocycles. The zero-order valence-electron chi connectivity index (χ0n) is 9.93. The number of hydrogen-bond donors (Lipinski definition) is 0. The van der Waals surface area contributed by atoms with Crippen LogP contribution in [0.5, 0.6) is 0 Å². The van der Waals surface area contributed by atoms with E-state index in [4.69, 9.17) is 0 Å². The summed E-state index contributed by atoms with van der Waals surface area (Å²) in [6.45, 7) is 6.92. The van der Waals surface area contributed by atoms with Crippen molar-refractivity contribution in [1.29, 1.82) is 0 Å². The van der Waals surface area contributed by atoms with Crippen molar-refractivity contribution in [1.82, 2.24) is 0 Å². The second-order valence-electron chi connectivity index (χ2n) is 4.76. The van der Waals surface area contributed by atoms with E-state index in [1.807, 2.05) is 0 Å². The van der Waals surface area contributed by atoms with Gasteiger partial charge in [-0.05, 0) is 0 Å². The van der Waals surface area contributed by atoms with Crippen LogP contribution in [0, 0.1) is 0 Å². The van der Waals surface area contributed by atoms with Crippen molar-refractivity contribution in [2.24, 2.45) is 0 Å². The Morgan fingerprint density at radius 1 is 1.27 bits per heavy atom. The zero-order valence-corrected chi connectivity index (χ0v) is 12.9. The third kappa shape index (κ3) is 2.34. The van der Waals surface area contributed by atoms with E-state index in [9.17, 15) is 0 Å². The van der Waals surface area contributed by atoms with Crippen LogP contribution in [-0.2, 0) is 16.7 Å². The fraction of sp³-hybridized carbons (Fsp3) is 0.357. The Morgan fingerprint density at radius 2 is 2.07 bits per heavy atom. The third-order valence-electron chi connectivity index (χ3n) is 3.17. The quantitative estimate of drug-likeness (QED) is 0.655. The normalized spacial score (nSPS) is 19.1. The van der Waals surface area contributed by atoms with Crippen molar-refractivity contribution >= 4 is 4.11 Å². The topological polar surface area (TPSA) is 0 Å². The van der Waals surface area contributed by atoms with E-state index in [0.29, 0.717) is 0 Å². The Hall–Kier alpha value is -0.547. The molecular formula is C14H17Zn. The second-order valence-corrected chi connectivity index (χ2v) is 10.3. The first-order valence-corrected chi connectivity index (χ1v) is 8.69. The van der Waals surface area contributed by atoms with Crippen molar-refractivity contribution in [3.05, 3.63) is 45.2 Å². The molecule has 0 fully saturated rings. The van der Waals surface area contributed by atoms with Crippen LogP contribution in [0.3, 0.4) is 0 Å². The summed E-state index contributed by atoms with van der Waals surface area (Å²) in [5.74, 6) is 0. The molecule has 0 bridgehead atoms. The van der Waals surface area contributed by atoms with Gasteiger partial charge in [0, 0.05) is 0 Å². The van der Waals surface area contributed by atoms with E-state index >= 15 is 0 Å². The van der Waals surface area contributed by atoms with Gasteiger partial charge in [0.1, 0.15) is 0 Å². The van der Waals surface area contributed by atoms with E-state index in [2.05, 4.69) is 45.1 Å². The van der Waals surface area contributed by atoms with Crippen molar-refractivity contribution < 1.29 is 16.7 Å². The summed E-state index contributed by atoms with van der Waals surface area (Å²) in [6, 6.07) is 0. The fourth-order valence-electron chi connectivity index (χ4n) is 2.37. The van der Waals surface area contributed by atoms with Gasteiger partial charge in [-0.1, -0.05) is 0 Å². The summed E-state index contributed by atoms with van der Waals surface area (Å²) in [7, 11) is 0. The van der Waals surface area contributed by atoms with Gasteiger partial charge in [-0.3, -0.25) is 0 Å². The Kier molecular flexibility index (Phi) is 3.31. The number of rotatable bonds is 2. The molecule has 0 unspecified atom stereocenters. The molecule has 0 atom stereocenters. The molecule has 2 rings (SSSR count). The van der Waals surface area contributed by atoms with Crippen LogP contribution in [-0.4, -0.2) is 4.11 Å². The van der Waals surface area contributed by atoms with Crippen LogP contribution in [0.4, 0.5) is 0 Å². The first-order valence-electron chi connectivity index (χ1n) is 5.72. The van der Waals surface area contributed by atoms with Gasteiger partial charge in [-0.25, -0.2) is 0 Å². The maximum absolute atomic E-state index is 2.44. The van der Waals surface area contributed by atoms with Gasteiger partial charge in [0.05, 0.1) is 0 Å². The molecule has 0 aromatic heterocycles. The molecule has 0 aliphatic heterocycles. The van der Waals surface area contributed by atoms with E-state index < -0.39 is 16.7 Å². The maximum atomic E-state index is 2.44. The van der Waals surface area contributed by atoms with Crippen LogP contribution in [0.2, 0.25) is 0 Å². The van der Waals surface area contributed by atoms with Crippen LogP contribution in [0.25, 0.3) is 0 Å². The summed E-state index contributed by atoms with van der Waals surface area (Å²) in [6.07, 6.45) is 11.5. The predicted molar refractivity (Wildman–Crippen MR) is 63.6 cm³/mol. The zero-order chi connectivity index (χ0) is 10.8. The Labute approximate surface area is 99.6 Å². The summed E-state index contributed by atoms with van der Waals surface area (Å²) in [4.78, 5) is 0. The summed E-state index contributed by atoms with van der Waals surface area (Å²) in [5.41, 5.74) is 4.67. The molecule has 15 heavy (non-hydrogen) atoms. The van der Waals surface area contributed by atoms with Gasteiger partial charge in [0.25, 0.3) is 0 Å². The molecule has 0 aromatic rings. The summed E-state index contributed by atoms with van der Waals surface area (Å²) < 4.78 is 3.50. The van der Waals surface area contributed by atoms with Crippen molar-refractivity contribution in [2.75, 3.05) is 0 Å². The van der Waals surface area contributed by atoms with E-state index in [1.165, 1.54) is 12.0 Å². The summed E-state index contributed by atoms with van der Waals surface area (Å²) in [5, 5.41) is 0. The van der Waals surface area contributed by atoms with Gasteiger partial charge in [0.15, 0.2) is 0 Å². The van der Waals surface area contributed by atoms with Crippen molar-refractivity contribution in [3.63, 3.8) is 0 Å². The van der Waals surface area contributed by atoms with Gasteiger partial charge < -0.3 is 0 Å². The van der Waals surface area contributed by atoms with Gasteiger partial charge in [-0.15, -0.1) is 0 Å². The Bertz CT molecular complexity index is 424. The molecule has 0 N–H and O–H groups in total. The van der Waals surface area contributed by atoms with E-state index in [1.54, 1.807) is 19.4 Å². The average Bonchev–Trinajstić information content (AvgIpc) is 2.76. The standard InChI is InChI=1S/C11H11.C3H6.Zn/c1-9-5-4-8-11(9)10-6-2-3-7-10;1-3-2;/h2-3,6,8H,4,7H2,1H3;1-2H3;. The van der Waals surface area contributed by atoms with Crippen LogP contribution in [0.15, 0.2) is 45.2 Å². The molecule has 2 aliphatic carbocycles. The third-order valence-corrected chi connectivity index (χ3v) is 7.27. The molecule has 75 valence electrons. The minimum atomic E-state index is -0.528.